The highest BCUT2D eigenvalue weighted by Gasteiger charge is 2.32. The number of carboxylic acid groups (broad SMARTS) is 1. The van der Waals surface area contributed by atoms with E-state index in [4.69, 9.17) is 14.6 Å². The molecule has 2 aromatic rings. The van der Waals surface area contributed by atoms with Crippen LogP contribution in [0.5, 0.6) is 11.5 Å². The Morgan fingerprint density at radius 3 is 2.74 bits per heavy atom. The Morgan fingerprint density at radius 2 is 2.00 bits per heavy atom. The molecule has 1 saturated heterocycles. The molecule has 27 heavy (non-hydrogen) atoms. The molecule has 1 N–H and O–H groups in total. The maximum atomic E-state index is 10.9. The van der Waals surface area contributed by atoms with Crippen molar-refractivity contribution in [2.24, 2.45) is 5.92 Å². The fraction of sp³-hybridized carbons (Fsp3) is 0.318. The van der Waals surface area contributed by atoms with Gasteiger partial charge in [0.05, 0.1) is 5.92 Å². The molecular weight excluding hydrogens is 342 g/mol. The van der Waals surface area contributed by atoms with E-state index in [1.807, 2.05) is 18.2 Å². The van der Waals surface area contributed by atoms with Crippen molar-refractivity contribution in [1.82, 2.24) is 4.90 Å². The van der Waals surface area contributed by atoms with Gasteiger partial charge in [-0.25, -0.2) is 0 Å². The van der Waals surface area contributed by atoms with Crippen molar-refractivity contribution in [2.45, 2.75) is 13.5 Å². The zero-order chi connectivity index (χ0) is 18.8. The van der Waals surface area contributed by atoms with Crippen molar-refractivity contribution in [3.63, 3.8) is 0 Å². The van der Waals surface area contributed by atoms with Gasteiger partial charge in [0.1, 0.15) is 24.7 Å². The molecule has 2 aliphatic rings. The highest BCUT2D eigenvalue weighted by molar-refractivity contribution is 5.71. The fourth-order valence-corrected chi connectivity index (χ4v) is 3.37. The quantitative estimate of drug-likeness (QED) is 0.851. The molecule has 1 fully saturated rings. The van der Waals surface area contributed by atoms with Gasteiger partial charge in [0.15, 0.2) is 0 Å². The number of carbonyl (C=O) groups is 1. The number of benzene rings is 2. The summed E-state index contributed by atoms with van der Waals surface area (Å²) >= 11 is 0. The Hall–Kier alpha value is -2.79. The van der Waals surface area contributed by atoms with Crippen molar-refractivity contribution in [3.05, 3.63) is 64.7 Å². The third kappa shape index (κ3) is 4.14. The number of fused-ring (bicyclic) bond motifs is 1. The summed E-state index contributed by atoms with van der Waals surface area (Å²) in [7, 11) is 0. The van der Waals surface area contributed by atoms with Crippen molar-refractivity contribution in [2.75, 3.05) is 26.2 Å². The van der Waals surface area contributed by atoms with Crippen LogP contribution < -0.4 is 9.47 Å². The van der Waals surface area contributed by atoms with Crippen LogP contribution in [0.25, 0.3) is 6.08 Å². The zero-order valence-corrected chi connectivity index (χ0v) is 15.4. The van der Waals surface area contributed by atoms with E-state index in [9.17, 15) is 4.79 Å². The molecule has 0 atom stereocenters. The van der Waals surface area contributed by atoms with E-state index in [-0.39, 0.29) is 5.92 Å². The molecule has 5 nitrogen and oxygen atoms in total. The third-order valence-corrected chi connectivity index (χ3v) is 5.02. The smallest absolute Gasteiger partial charge is 0.309 e. The highest BCUT2D eigenvalue weighted by Crippen LogP contribution is 2.31. The number of hydrogen-bond donors (Lipinski definition) is 1. The Labute approximate surface area is 158 Å². The number of hydrogen-bond acceptors (Lipinski definition) is 4. The van der Waals surface area contributed by atoms with Crippen LogP contribution in [0, 0.1) is 12.8 Å². The number of aliphatic carboxylic acids is 1. The summed E-state index contributed by atoms with van der Waals surface area (Å²) in [4.78, 5) is 13.0. The standard InChI is InChI=1S/C22H23NO4/c1-15-2-4-16(5-3-15)13-26-20-7-6-18-8-17(14-27-21(18)9-20)10-23-11-19(12-23)22(24)25/h2-9,19H,10-14H2,1H3,(H,24,25). The lowest BCUT2D eigenvalue weighted by molar-refractivity contribution is -0.147. The Bertz CT molecular complexity index is 866. The van der Waals surface area contributed by atoms with E-state index in [1.165, 1.54) is 11.1 Å². The first-order valence-electron chi connectivity index (χ1n) is 9.16. The molecule has 5 heteroatoms. The van der Waals surface area contributed by atoms with E-state index in [0.717, 1.165) is 29.2 Å². The summed E-state index contributed by atoms with van der Waals surface area (Å²) in [5.41, 5.74) is 4.57. The molecule has 0 radical (unpaired) electrons. The molecule has 0 unspecified atom stereocenters. The molecule has 0 amide bonds. The van der Waals surface area contributed by atoms with Gasteiger partial charge in [-0.1, -0.05) is 29.8 Å². The van der Waals surface area contributed by atoms with Gasteiger partial charge in [0, 0.05) is 31.3 Å². The largest absolute Gasteiger partial charge is 0.489 e. The number of carboxylic acids is 1. The first kappa shape index (κ1) is 17.6. The van der Waals surface area contributed by atoms with Crippen LogP contribution in [0.2, 0.25) is 0 Å². The van der Waals surface area contributed by atoms with Gasteiger partial charge in [-0.3, -0.25) is 9.69 Å². The minimum Gasteiger partial charge on any atom is -0.489 e. The molecule has 0 spiro atoms. The van der Waals surface area contributed by atoms with E-state index in [1.54, 1.807) is 0 Å². The Balaban J connectivity index is 1.35. The lowest BCUT2D eigenvalue weighted by Crippen LogP contribution is -2.51. The second-order valence-corrected chi connectivity index (χ2v) is 7.29. The van der Waals surface area contributed by atoms with Gasteiger partial charge >= 0.3 is 5.97 Å². The summed E-state index contributed by atoms with van der Waals surface area (Å²) in [5, 5.41) is 8.96. The fourth-order valence-electron chi connectivity index (χ4n) is 3.37. The number of rotatable bonds is 6. The average Bonchev–Trinajstić information content (AvgIpc) is 2.63. The van der Waals surface area contributed by atoms with Gasteiger partial charge in [-0.05, 0) is 36.3 Å². The number of likely N-dealkylation sites (tertiary alicyclic amines) is 1. The first-order chi connectivity index (χ1) is 13.1. The average molecular weight is 365 g/mol. The van der Waals surface area contributed by atoms with Gasteiger partial charge < -0.3 is 14.6 Å². The van der Waals surface area contributed by atoms with Gasteiger partial charge in [0.2, 0.25) is 0 Å². The SMILES string of the molecule is Cc1ccc(COc2ccc3c(c2)OCC(CN2CC(C(=O)O)C2)=C3)cc1. The molecule has 4 rings (SSSR count). The molecule has 140 valence electrons. The predicted octanol–water partition coefficient (Wildman–Crippen LogP) is 3.37. The second-order valence-electron chi connectivity index (χ2n) is 7.29. The van der Waals surface area contributed by atoms with Crippen LogP contribution >= 0.6 is 0 Å². The predicted molar refractivity (Wildman–Crippen MR) is 103 cm³/mol. The third-order valence-electron chi connectivity index (χ3n) is 5.02. The van der Waals surface area contributed by atoms with E-state index >= 15 is 0 Å². The molecular formula is C22H23NO4. The van der Waals surface area contributed by atoms with E-state index < -0.39 is 5.97 Å². The Morgan fingerprint density at radius 1 is 1.22 bits per heavy atom. The molecule has 2 aliphatic heterocycles. The van der Waals surface area contributed by atoms with Crippen molar-refractivity contribution >= 4 is 12.0 Å². The van der Waals surface area contributed by atoms with Crippen LogP contribution in [0.4, 0.5) is 0 Å². The van der Waals surface area contributed by atoms with Crippen molar-refractivity contribution in [1.29, 1.82) is 0 Å². The van der Waals surface area contributed by atoms with Crippen LogP contribution in [0.15, 0.2) is 48.0 Å². The lowest BCUT2D eigenvalue weighted by Gasteiger charge is -2.37. The normalized spacial score (nSPS) is 16.7. The Kier molecular flexibility index (Phi) is 4.86. The minimum atomic E-state index is -0.705. The van der Waals surface area contributed by atoms with E-state index in [0.29, 0.717) is 26.3 Å². The van der Waals surface area contributed by atoms with Crippen LogP contribution in [0.1, 0.15) is 16.7 Å². The van der Waals surface area contributed by atoms with Gasteiger partial charge in [-0.15, -0.1) is 0 Å². The second kappa shape index (κ2) is 7.45. The molecule has 2 heterocycles. The minimum absolute atomic E-state index is 0.226. The summed E-state index contributed by atoms with van der Waals surface area (Å²) in [6, 6.07) is 14.2. The maximum absolute atomic E-state index is 10.9. The van der Waals surface area contributed by atoms with Gasteiger partial charge in [0.25, 0.3) is 0 Å². The number of aryl methyl sites for hydroxylation is 1. The van der Waals surface area contributed by atoms with Crippen molar-refractivity contribution < 1.29 is 19.4 Å². The molecule has 0 saturated carbocycles. The van der Waals surface area contributed by atoms with Crippen LogP contribution in [-0.2, 0) is 11.4 Å². The topological polar surface area (TPSA) is 59.0 Å². The number of ether oxygens (including phenoxy) is 2. The van der Waals surface area contributed by atoms with Gasteiger partial charge in [-0.2, -0.15) is 0 Å². The maximum Gasteiger partial charge on any atom is 0.309 e. The molecule has 2 aromatic carbocycles. The molecule has 0 aromatic heterocycles. The lowest BCUT2D eigenvalue weighted by atomic mass is 9.98. The summed E-state index contributed by atoms with van der Waals surface area (Å²) in [6.45, 7) is 5.12. The van der Waals surface area contributed by atoms with Crippen LogP contribution in [0.3, 0.4) is 0 Å². The summed E-state index contributed by atoms with van der Waals surface area (Å²) in [5.74, 6) is 0.685. The molecule has 0 aliphatic carbocycles. The summed E-state index contributed by atoms with van der Waals surface area (Å²) < 4.78 is 11.8. The number of nitrogens with zero attached hydrogens (tertiary/aromatic N) is 1. The van der Waals surface area contributed by atoms with Crippen LogP contribution in [-0.4, -0.2) is 42.2 Å². The zero-order valence-electron chi connectivity index (χ0n) is 15.4. The summed E-state index contributed by atoms with van der Waals surface area (Å²) in [6.07, 6.45) is 2.14. The first-order valence-corrected chi connectivity index (χ1v) is 9.16. The van der Waals surface area contributed by atoms with E-state index in [2.05, 4.69) is 42.2 Å². The van der Waals surface area contributed by atoms with Crippen molar-refractivity contribution in [3.8, 4) is 11.5 Å². The monoisotopic (exact) mass is 365 g/mol. The highest BCUT2D eigenvalue weighted by atomic mass is 16.5. The molecule has 0 bridgehead atoms.